The number of rotatable bonds is 7. The van der Waals surface area contributed by atoms with E-state index < -0.39 is 0 Å². The number of methoxy groups -OCH3 is 2. The fraction of sp³-hybridized carbons (Fsp3) is 0.769. The first-order valence-corrected chi connectivity index (χ1v) is 6.46. The van der Waals surface area contributed by atoms with E-state index >= 15 is 0 Å². The molecule has 1 heterocycles. The average Bonchev–Trinajstić information content (AvgIpc) is 2.65. The first kappa shape index (κ1) is 15.9. The summed E-state index contributed by atoms with van der Waals surface area (Å²) in [6.45, 7) is 5.27. The zero-order chi connectivity index (χ0) is 14.6. The maximum Gasteiger partial charge on any atom is 0.216 e. The summed E-state index contributed by atoms with van der Waals surface area (Å²) in [4.78, 5) is 2.20. The number of hydrogen-bond donors (Lipinski definition) is 1. The van der Waals surface area contributed by atoms with Crippen molar-refractivity contribution >= 4 is 0 Å². The Hall–Kier alpha value is -1.11. The van der Waals surface area contributed by atoms with Crippen LogP contribution in [0, 0.1) is 6.92 Å². The third-order valence-corrected chi connectivity index (χ3v) is 3.56. The highest BCUT2D eigenvalue weighted by atomic mass is 16.5. The molecule has 0 saturated heterocycles. The number of ether oxygens (including phenoxy) is 2. The summed E-state index contributed by atoms with van der Waals surface area (Å²) in [5.41, 5.74) is 7.97. The molecule has 0 aromatic carbocycles. The Morgan fingerprint density at radius 3 is 2.53 bits per heavy atom. The Bertz CT molecular complexity index is 406. The van der Waals surface area contributed by atoms with Crippen molar-refractivity contribution in [2.75, 3.05) is 34.4 Å². The second kappa shape index (κ2) is 6.88. The number of nitrogens with two attached hydrogens (primary N) is 1. The molecule has 19 heavy (non-hydrogen) atoms. The largest absolute Gasteiger partial charge is 0.481 e. The van der Waals surface area contributed by atoms with Crippen LogP contribution >= 0.6 is 0 Å². The van der Waals surface area contributed by atoms with Crippen molar-refractivity contribution in [1.29, 1.82) is 0 Å². The Morgan fingerprint density at radius 1 is 1.42 bits per heavy atom. The number of nitrogens with zero attached hydrogens (tertiary/aromatic N) is 3. The van der Waals surface area contributed by atoms with Gasteiger partial charge in [0.25, 0.3) is 0 Å². The number of likely N-dealkylation sites (N-methyl/N-ethyl adjacent to an activating group) is 1. The monoisotopic (exact) mass is 270 g/mol. The second-order valence-corrected chi connectivity index (χ2v) is 4.85. The lowest BCUT2D eigenvalue weighted by molar-refractivity contribution is 0.0899. The zero-order valence-corrected chi connectivity index (χ0v) is 12.8. The number of aromatic nitrogens is 2. The Kier molecular flexibility index (Phi) is 5.78. The molecule has 2 N–H and O–H groups in total. The molecule has 6 nitrogen and oxygen atoms in total. The summed E-state index contributed by atoms with van der Waals surface area (Å²) >= 11 is 0. The zero-order valence-electron chi connectivity index (χ0n) is 12.8. The lowest BCUT2D eigenvalue weighted by Crippen LogP contribution is -2.39. The highest BCUT2D eigenvalue weighted by Crippen LogP contribution is 2.31. The fourth-order valence-corrected chi connectivity index (χ4v) is 2.43. The molecule has 6 heteroatoms. The minimum atomic E-state index is 0.0637. The van der Waals surface area contributed by atoms with Gasteiger partial charge in [0.1, 0.15) is 0 Å². The first-order chi connectivity index (χ1) is 8.97. The maximum absolute atomic E-state index is 5.97. The van der Waals surface area contributed by atoms with Crippen molar-refractivity contribution in [2.45, 2.75) is 25.9 Å². The smallest absolute Gasteiger partial charge is 0.216 e. The topological polar surface area (TPSA) is 65.5 Å². The minimum absolute atomic E-state index is 0.0637. The van der Waals surface area contributed by atoms with Gasteiger partial charge in [0.15, 0.2) is 0 Å². The van der Waals surface area contributed by atoms with E-state index in [1.165, 1.54) is 0 Å². The van der Waals surface area contributed by atoms with Crippen LogP contribution < -0.4 is 10.5 Å². The van der Waals surface area contributed by atoms with E-state index in [-0.39, 0.29) is 12.1 Å². The van der Waals surface area contributed by atoms with Gasteiger partial charge in [-0.05, 0) is 20.9 Å². The summed E-state index contributed by atoms with van der Waals surface area (Å²) in [6, 6.07) is 0.330. The highest BCUT2D eigenvalue weighted by molar-refractivity contribution is 5.34. The lowest BCUT2D eigenvalue weighted by atomic mass is 10.0. The fourth-order valence-electron chi connectivity index (χ4n) is 2.43. The summed E-state index contributed by atoms with van der Waals surface area (Å²) in [5, 5.41) is 4.42. The van der Waals surface area contributed by atoms with Gasteiger partial charge in [-0.3, -0.25) is 4.90 Å². The number of aryl methyl sites for hydroxylation is 2. The van der Waals surface area contributed by atoms with E-state index in [2.05, 4.69) is 16.9 Å². The van der Waals surface area contributed by atoms with Gasteiger partial charge in [0.05, 0.1) is 31.0 Å². The summed E-state index contributed by atoms with van der Waals surface area (Å²) in [7, 11) is 7.29. The molecule has 0 saturated carbocycles. The van der Waals surface area contributed by atoms with Gasteiger partial charge in [-0.1, -0.05) is 0 Å². The summed E-state index contributed by atoms with van der Waals surface area (Å²) < 4.78 is 12.4. The van der Waals surface area contributed by atoms with Crippen molar-refractivity contribution in [3.05, 3.63) is 11.3 Å². The molecule has 0 radical (unpaired) electrons. The van der Waals surface area contributed by atoms with Crippen molar-refractivity contribution in [3.63, 3.8) is 0 Å². The van der Waals surface area contributed by atoms with E-state index in [4.69, 9.17) is 15.2 Å². The first-order valence-electron chi connectivity index (χ1n) is 6.46. The van der Waals surface area contributed by atoms with E-state index in [1.807, 2.05) is 21.0 Å². The third kappa shape index (κ3) is 3.26. The van der Waals surface area contributed by atoms with Crippen molar-refractivity contribution in [3.8, 4) is 5.88 Å². The molecule has 1 aromatic rings. The quantitative estimate of drug-likeness (QED) is 0.790. The molecule has 0 bridgehead atoms. The van der Waals surface area contributed by atoms with Crippen LogP contribution in [-0.2, 0) is 11.8 Å². The summed E-state index contributed by atoms with van der Waals surface area (Å²) in [6.07, 6.45) is 0. The van der Waals surface area contributed by atoms with Crippen LogP contribution in [0.3, 0.4) is 0 Å². The molecule has 110 valence electrons. The highest BCUT2D eigenvalue weighted by Gasteiger charge is 2.27. The van der Waals surface area contributed by atoms with E-state index in [1.54, 1.807) is 18.9 Å². The molecule has 0 spiro atoms. The van der Waals surface area contributed by atoms with E-state index in [9.17, 15) is 0 Å². The van der Waals surface area contributed by atoms with E-state index in [0.29, 0.717) is 13.2 Å². The van der Waals surface area contributed by atoms with Crippen molar-refractivity contribution < 1.29 is 9.47 Å². The molecule has 0 fully saturated rings. The Balaban J connectivity index is 3.09. The van der Waals surface area contributed by atoms with Gasteiger partial charge in [0, 0.05) is 26.7 Å². The van der Waals surface area contributed by atoms with Crippen LogP contribution in [0.4, 0.5) is 0 Å². The van der Waals surface area contributed by atoms with Crippen LogP contribution in [0.1, 0.15) is 24.2 Å². The molecule has 0 amide bonds. The molecule has 1 rings (SSSR count). The average molecular weight is 270 g/mol. The Labute approximate surface area is 115 Å². The molecule has 0 aliphatic heterocycles. The minimum Gasteiger partial charge on any atom is -0.481 e. The molecule has 1 aromatic heterocycles. The number of hydrogen-bond acceptors (Lipinski definition) is 5. The molecule has 2 atom stereocenters. The third-order valence-electron chi connectivity index (χ3n) is 3.56. The van der Waals surface area contributed by atoms with Crippen LogP contribution in [0.25, 0.3) is 0 Å². The molecule has 0 aliphatic carbocycles. The standard InChI is InChI=1S/C13H26N4O2/c1-9(8-18-5)16(3)11(7-14)12-10(2)15-17(4)13(12)19-6/h9,11H,7-8,14H2,1-6H3. The molecule has 2 unspecified atom stereocenters. The van der Waals surface area contributed by atoms with Gasteiger partial charge in [0.2, 0.25) is 5.88 Å². The molecular weight excluding hydrogens is 244 g/mol. The van der Waals surface area contributed by atoms with Crippen LogP contribution in [0.5, 0.6) is 5.88 Å². The van der Waals surface area contributed by atoms with Gasteiger partial charge in [-0.25, -0.2) is 4.68 Å². The van der Waals surface area contributed by atoms with Gasteiger partial charge in [-0.2, -0.15) is 5.10 Å². The van der Waals surface area contributed by atoms with Crippen LogP contribution in [-0.4, -0.2) is 55.1 Å². The predicted molar refractivity (Wildman–Crippen MR) is 75.4 cm³/mol. The predicted octanol–water partition coefficient (Wildman–Crippen LogP) is 0.704. The van der Waals surface area contributed by atoms with Gasteiger partial charge >= 0.3 is 0 Å². The van der Waals surface area contributed by atoms with Gasteiger partial charge in [-0.15, -0.1) is 0 Å². The summed E-state index contributed by atoms with van der Waals surface area (Å²) in [5.74, 6) is 0.768. The molecule has 0 aliphatic rings. The van der Waals surface area contributed by atoms with Crippen molar-refractivity contribution in [2.24, 2.45) is 12.8 Å². The van der Waals surface area contributed by atoms with Crippen molar-refractivity contribution in [1.82, 2.24) is 14.7 Å². The maximum atomic E-state index is 5.97. The SMILES string of the molecule is COCC(C)N(C)C(CN)c1c(C)nn(C)c1OC. The second-order valence-electron chi connectivity index (χ2n) is 4.85. The normalized spacial score (nSPS) is 14.7. The van der Waals surface area contributed by atoms with Crippen LogP contribution in [0.15, 0.2) is 0 Å². The lowest BCUT2D eigenvalue weighted by Gasteiger charge is -2.32. The van der Waals surface area contributed by atoms with Gasteiger partial charge < -0.3 is 15.2 Å². The van der Waals surface area contributed by atoms with Crippen LogP contribution in [0.2, 0.25) is 0 Å². The Morgan fingerprint density at radius 2 is 2.05 bits per heavy atom. The van der Waals surface area contributed by atoms with E-state index in [0.717, 1.165) is 17.1 Å². The molecular formula is C13H26N4O2.